The Morgan fingerprint density at radius 2 is 1.96 bits per heavy atom. The van der Waals surface area contributed by atoms with Crippen molar-refractivity contribution in [3.8, 4) is 0 Å². The Bertz CT molecular complexity index is 717. The molecule has 1 amide bonds. The number of benzene rings is 1. The minimum atomic E-state index is 0.137. The Balaban J connectivity index is 1.62. The van der Waals surface area contributed by atoms with Gasteiger partial charge in [0.2, 0.25) is 0 Å². The Kier molecular flexibility index (Phi) is 6.44. The number of aromatic nitrogens is 1. The molecular weight excluding hydrogens is 370 g/mol. The summed E-state index contributed by atoms with van der Waals surface area (Å²) < 4.78 is 5.45. The summed E-state index contributed by atoms with van der Waals surface area (Å²) in [5.41, 5.74) is 3.44. The maximum absolute atomic E-state index is 13.0. The van der Waals surface area contributed by atoms with Crippen molar-refractivity contribution >= 4 is 41.0 Å². The van der Waals surface area contributed by atoms with E-state index in [1.54, 1.807) is 23.5 Å². The van der Waals surface area contributed by atoms with E-state index in [0.717, 1.165) is 47.5 Å². The minimum absolute atomic E-state index is 0.137. The SMILES string of the molecule is CSc1nsc(SC)c1C(=O)N1CCN(Cc2cccc(C)c2)CC1. The van der Waals surface area contributed by atoms with Crippen LogP contribution in [0.5, 0.6) is 0 Å². The van der Waals surface area contributed by atoms with E-state index >= 15 is 0 Å². The van der Waals surface area contributed by atoms with Gasteiger partial charge in [0.05, 0.1) is 9.77 Å². The van der Waals surface area contributed by atoms with E-state index in [-0.39, 0.29) is 5.91 Å². The first-order chi connectivity index (χ1) is 12.1. The van der Waals surface area contributed by atoms with Gasteiger partial charge in [0.15, 0.2) is 0 Å². The molecule has 2 aromatic rings. The summed E-state index contributed by atoms with van der Waals surface area (Å²) in [6.07, 6.45) is 3.99. The predicted octanol–water partition coefficient (Wildman–Crippen LogP) is 3.85. The highest BCUT2D eigenvalue weighted by molar-refractivity contribution is 8.01. The van der Waals surface area contributed by atoms with Crippen molar-refractivity contribution < 1.29 is 4.79 Å². The van der Waals surface area contributed by atoms with Gasteiger partial charge in [-0.05, 0) is 36.5 Å². The normalized spacial score (nSPS) is 15.6. The van der Waals surface area contributed by atoms with Crippen molar-refractivity contribution in [1.29, 1.82) is 0 Å². The molecule has 4 nitrogen and oxygen atoms in total. The average Bonchev–Trinajstić information content (AvgIpc) is 3.05. The van der Waals surface area contributed by atoms with Crippen LogP contribution in [0, 0.1) is 6.92 Å². The summed E-state index contributed by atoms with van der Waals surface area (Å²) in [6, 6.07) is 8.66. The second-order valence-corrected chi connectivity index (χ2v) is 8.76. The minimum Gasteiger partial charge on any atom is -0.336 e. The molecular formula is C18H23N3OS3. The molecule has 3 rings (SSSR count). The van der Waals surface area contributed by atoms with Crippen LogP contribution in [-0.4, -0.2) is 58.8 Å². The second kappa shape index (κ2) is 8.58. The molecule has 0 aliphatic carbocycles. The zero-order valence-electron chi connectivity index (χ0n) is 14.8. The highest BCUT2D eigenvalue weighted by Crippen LogP contribution is 2.33. The smallest absolute Gasteiger partial charge is 0.258 e. The number of nitrogens with zero attached hydrogens (tertiary/aromatic N) is 3. The van der Waals surface area contributed by atoms with Crippen molar-refractivity contribution in [2.45, 2.75) is 22.7 Å². The van der Waals surface area contributed by atoms with Crippen molar-refractivity contribution in [2.75, 3.05) is 38.7 Å². The predicted molar refractivity (Wildman–Crippen MR) is 108 cm³/mol. The monoisotopic (exact) mass is 393 g/mol. The Labute approximate surface area is 162 Å². The molecule has 0 atom stereocenters. The lowest BCUT2D eigenvalue weighted by Crippen LogP contribution is -2.48. The number of aryl methyl sites for hydroxylation is 1. The summed E-state index contributed by atoms with van der Waals surface area (Å²) in [7, 11) is 0. The fourth-order valence-electron chi connectivity index (χ4n) is 3.05. The van der Waals surface area contributed by atoms with E-state index in [1.165, 1.54) is 22.7 Å². The average molecular weight is 394 g/mol. The molecule has 0 saturated carbocycles. The van der Waals surface area contributed by atoms with Gasteiger partial charge >= 0.3 is 0 Å². The third-order valence-electron chi connectivity index (χ3n) is 4.37. The van der Waals surface area contributed by atoms with Crippen LogP contribution >= 0.6 is 35.1 Å². The van der Waals surface area contributed by atoms with E-state index < -0.39 is 0 Å². The molecule has 1 aliphatic rings. The Morgan fingerprint density at radius 3 is 2.60 bits per heavy atom. The summed E-state index contributed by atoms with van der Waals surface area (Å²) >= 11 is 4.60. The number of hydrogen-bond donors (Lipinski definition) is 0. The van der Waals surface area contributed by atoms with Crippen molar-refractivity contribution in [3.63, 3.8) is 0 Å². The summed E-state index contributed by atoms with van der Waals surface area (Å²) in [5.74, 6) is 0.137. The van der Waals surface area contributed by atoms with Crippen LogP contribution in [0.4, 0.5) is 0 Å². The molecule has 7 heteroatoms. The largest absolute Gasteiger partial charge is 0.336 e. The van der Waals surface area contributed by atoms with Gasteiger partial charge in [0.1, 0.15) is 5.03 Å². The lowest BCUT2D eigenvalue weighted by atomic mass is 10.1. The topological polar surface area (TPSA) is 36.4 Å². The zero-order valence-corrected chi connectivity index (χ0v) is 17.3. The van der Waals surface area contributed by atoms with Gasteiger partial charge in [-0.25, -0.2) is 0 Å². The lowest BCUT2D eigenvalue weighted by molar-refractivity contribution is 0.0622. The molecule has 0 unspecified atom stereocenters. The number of piperazine rings is 1. The summed E-state index contributed by atoms with van der Waals surface area (Å²) in [6.45, 7) is 6.47. The van der Waals surface area contributed by atoms with E-state index in [9.17, 15) is 4.79 Å². The molecule has 0 spiro atoms. The van der Waals surface area contributed by atoms with Crippen molar-refractivity contribution in [1.82, 2.24) is 14.2 Å². The van der Waals surface area contributed by atoms with Gasteiger partial charge in [-0.2, -0.15) is 4.37 Å². The van der Waals surface area contributed by atoms with Gasteiger partial charge in [0, 0.05) is 32.7 Å². The van der Waals surface area contributed by atoms with Gasteiger partial charge in [0.25, 0.3) is 5.91 Å². The highest BCUT2D eigenvalue weighted by Gasteiger charge is 2.27. The van der Waals surface area contributed by atoms with Crippen LogP contribution in [0.2, 0.25) is 0 Å². The van der Waals surface area contributed by atoms with Crippen molar-refractivity contribution in [3.05, 3.63) is 41.0 Å². The number of carbonyl (C=O) groups excluding carboxylic acids is 1. The molecule has 2 heterocycles. The fraction of sp³-hybridized carbons (Fsp3) is 0.444. The Morgan fingerprint density at radius 1 is 1.20 bits per heavy atom. The molecule has 25 heavy (non-hydrogen) atoms. The van der Waals surface area contributed by atoms with Crippen molar-refractivity contribution in [2.24, 2.45) is 0 Å². The van der Waals surface area contributed by atoms with Gasteiger partial charge in [-0.3, -0.25) is 9.69 Å². The number of thioether (sulfide) groups is 2. The molecule has 1 saturated heterocycles. The first kappa shape index (κ1) is 18.8. The maximum Gasteiger partial charge on any atom is 0.258 e. The van der Waals surface area contributed by atoms with Crippen LogP contribution in [0.3, 0.4) is 0 Å². The molecule has 1 aliphatic heterocycles. The third-order valence-corrected chi connectivity index (χ3v) is 7.11. The Hall–Kier alpha value is -1.02. The lowest BCUT2D eigenvalue weighted by Gasteiger charge is -2.34. The standard InChI is InChI=1S/C18H23N3OS3/c1-13-5-4-6-14(11-13)12-20-7-9-21(10-8-20)17(22)15-16(23-2)19-25-18(15)24-3/h4-6,11H,7-10,12H2,1-3H3. The summed E-state index contributed by atoms with van der Waals surface area (Å²) in [4.78, 5) is 17.4. The third kappa shape index (κ3) is 4.39. The van der Waals surface area contributed by atoms with Gasteiger partial charge in [-0.1, -0.05) is 29.8 Å². The molecule has 1 aromatic heterocycles. The first-order valence-electron chi connectivity index (χ1n) is 8.27. The van der Waals surface area contributed by atoms with E-state index in [1.807, 2.05) is 17.4 Å². The van der Waals surface area contributed by atoms with E-state index in [4.69, 9.17) is 0 Å². The number of amides is 1. The summed E-state index contributed by atoms with van der Waals surface area (Å²) in [5, 5.41) is 0.863. The number of carbonyl (C=O) groups is 1. The number of rotatable bonds is 5. The van der Waals surface area contributed by atoms with Crippen LogP contribution in [0.15, 0.2) is 33.5 Å². The molecule has 0 bridgehead atoms. The quantitative estimate of drug-likeness (QED) is 0.721. The van der Waals surface area contributed by atoms with E-state index in [0.29, 0.717) is 0 Å². The second-order valence-electron chi connectivity index (χ2n) is 6.12. The van der Waals surface area contributed by atoms with Crippen LogP contribution in [0.25, 0.3) is 0 Å². The highest BCUT2D eigenvalue weighted by atomic mass is 32.2. The molecule has 0 radical (unpaired) electrons. The van der Waals surface area contributed by atoms with Crippen LogP contribution in [0.1, 0.15) is 21.5 Å². The zero-order chi connectivity index (χ0) is 17.8. The van der Waals surface area contributed by atoms with E-state index in [2.05, 4.69) is 40.5 Å². The molecule has 134 valence electrons. The van der Waals surface area contributed by atoms with Gasteiger partial charge in [-0.15, -0.1) is 23.5 Å². The first-order valence-corrected chi connectivity index (χ1v) is 11.5. The maximum atomic E-state index is 13.0. The van der Waals surface area contributed by atoms with Gasteiger partial charge < -0.3 is 4.90 Å². The van der Waals surface area contributed by atoms with Crippen LogP contribution < -0.4 is 0 Å². The molecule has 1 fully saturated rings. The molecule has 1 aromatic carbocycles. The van der Waals surface area contributed by atoms with Crippen LogP contribution in [-0.2, 0) is 6.54 Å². The fourth-order valence-corrected chi connectivity index (χ4v) is 5.32. The number of hydrogen-bond acceptors (Lipinski definition) is 6. The molecule has 0 N–H and O–H groups in total.